The number of nitrogens with one attached hydrogen (secondary N) is 1. The molecular formula is C17H26FN3O4S. The Bertz CT molecular complexity index is 676. The number of rotatable bonds is 9. The van der Waals surface area contributed by atoms with Gasteiger partial charge in [-0.2, -0.15) is 0 Å². The van der Waals surface area contributed by atoms with Gasteiger partial charge in [0.2, 0.25) is 15.9 Å². The topological polar surface area (TPSA) is 79.0 Å². The van der Waals surface area contributed by atoms with Crippen LogP contribution in [-0.2, 0) is 19.6 Å². The van der Waals surface area contributed by atoms with Crippen molar-refractivity contribution in [1.29, 1.82) is 0 Å². The van der Waals surface area contributed by atoms with Crippen molar-refractivity contribution < 1.29 is 22.3 Å². The van der Waals surface area contributed by atoms with E-state index in [1.807, 2.05) is 0 Å². The van der Waals surface area contributed by atoms with Crippen molar-refractivity contribution in [2.24, 2.45) is 0 Å². The summed E-state index contributed by atoms with van der Waals surface area (Å²) < 4.78 is 43.4. The maximum atomic E-state index is 13.0. The van der Waals surface area contributed by atoms with E-state index in [1.54, 1.807) is 0 Å². The highest BCUT2D eigenvalue weighted by Gasteiger charge is 2.17. The van der Waals surface area contributed by atoms with Crippen LogP contribution in [0, 0.1) is 5.82 Å². The van der Waals surface area contributed by atoms with E-state index < -0.39 is 15.8 Å². The number of carbonyl (C=O) groups excluding carboxylic acids is 1. The number of benzene rings is 1. The lowest BCUT2D eigenvalue weighted by atomic mass is 10.2. The fraction of sp³-hybridized carbons (Fsp3) is 0.588. The van der Waals surface area contributed by atoms with Gasteiger partial charge < -0.3 is 10.1 Å². The smallest absolute Gasteiger partial charge is 0.232 e. The normalized spacial score (nSPS) is 15.6. The summed E-state index contributed by atoms with van der Waals surface area (Å²) in [6.45, 7) is 4.69. The Balaban J connectivity index is 1.74. The summed E-state index contributed by atoms with van der Waals surface area (Å²) in [4.78, 5) is 14.2. The molecule has 0 aliphatic carbocycles. The molecule has 9 heteroatoms. The minimum atomic E-state index is -3.50. The lowest BCUT2D eigenvalue weighted by Gasteiger charge is -2.26. The molecule has 26 heavy (non-hydrogen) atoms. The lowest BCUT2D eigenvalue weighted by molar-refractivity contribution is -0.121. The Morgan fingerprint density at radius 3 is 2.54 bits per heavy atom. The molecule has 0 radical (unpaired) electrons. The number of nitrogens with zero attached hydrogens (tertiary/aromatic N) is 2. The Morgan fingerprint density at radius 2 is 1.92 bits per heavy atom. The number of halogens is 1. The molecule has 1 aromatic rings. The zero-order valence-corrected chi connectivity index (χ0v) is 15.8. The number of morpholine rings is 1. The average molecular weight is 387 g/mol. The molecule has 1 aromatic carbocycles. The first kappa shape index (κ1) is 20.6. The van der Waals surface area contributed by atoms with Gasteiger partial charge in [-0.25, -0.2) is 12.8 Å². The standard InChI is InChI=1S/C17H26FN3O4S/c1-26(23,24)21(16-6-4-15(18)5-7-16)9-2-3-17(22)19-8-10-20-11-13-25-14-12-20/h4-7H,2-3,8-14H2,1H3,(H,19,22). The number of hydrogen-bond acceptors (Lipinski definition) is 5. The van der Waals surface area contributed by atoms with Crippen LogP contribution in [0.5, 0.6) is 0 Å². The maximum absolute atomic E-state index is 13.0. The summed E-state index contributed by atoms with van der Waals surface area (Å²) in [7, 11) is -3.50. The molecule has 0 spiro atoms. The predicted octanol–water partition coefficient (Wildman–Crippen LogP) is 0.820. The molecule has 1 aliphatic heterocycles. The van der Waals surface area contributed by atoms with E-state index in [9.17, 15) is 17.6 Å². The quantitative estimate of drug-likeness (QED) is 0.679. The van der Waals surface area contributed by atoms with Crippen LogP contribution in [0.15, 0.2) is 24.3 Å². The molecule has 1 saturated heterocycles. The molecule has 1 amide bonds. The van der Waals surface area contributed by atoms with Crippen LogP contribution in [-0.4, -0.2) is 71.4 Å². The molecule has 2 rings (SSSR count). The third-order valence-electron chi connectivity index (χ3n) is 4.13. The van der Waals surface area contributed by atoms with Gasteiger partial charge in [-0.1, -0.05) is 0 Å². The molecule has 1 fully saturated rings. The minimum absolute atomic E-state index is 0.106. The van der Waals surface area contributed by atoms with Gasteiger partial charge in [0.05, 0.1) is 25.2 Å². The highest BCUT2D eigenvalue weighted by Crippen LogP contribution is 2.18. The Hall–Kier alpha value is -1.71. The number of hydrogen-bond donors (Lipinski definition) is 1. The average Bonchev–Trinajstić information content (AvgIpc) is 2.60. The van der Waals surface area contributed by atoms with Crippen molar-refractivity contribution in [2.45, 2.75) is 12.8 Å². The van der Waals surface area contributed by atoms with Gasteiger partial charge in [-0.15, -0.1) is 0 Å². The molecule has 0 aromatic heterocycles. The second-order valence-electron chi connectivity index (χ2n) is 6.22. The number of carbonyl (C=O) groups is 1. The van der Waals surface area contributed by atoms with Crippen LogP contribution in [0.25, 0.3) is 0 Å². The van der Waals surface area contributed by atoms with E-state index in [0.717, 1.165) is 39.1 Å². The summed E-state index contributed by atoms with van der Waals surface area (Å²) in [6.07, 6.45) is 1.71. The van der Waals surface area contributed by atoms with Gasteiger partial charge in [-0.3, -0.25) is 14.0 Å². The minimum Gasteiger partial charge on any atom is -0.379 e. The van der Waals surface area contributed by atoms with Gasteiger partial charge >= 0.3 is 0 Å². The zero-order chi connectivity index (χ0) is 19.0. The summed E-state index contributed by atoms with van der Waals surface area (Å²) in [5.41, 5.74) is 0.390. The largest absolute Gasteiger partial charge is 0.379 e. The highest BCUT2D eigenvalue weighted by atomic mass is 32.2. The number of amides is 1. The Labute approximate surface area is 154 Å². The summed E-state index contributed by atoms with van der Waals surface area (Å²) >= 11 is 0. The molecule has 0 atom stereocenters. The van der Waals surface area contributed by atoms with Crippen LogP contribution >= 0.6 is 0 Å². The van der Waals surface area contributed by atoms with Crippen molar-refractivity contribution >= 4 is 21.6 Å². The van der Waals surface area contributed by atoms with Crippen LogP contribution in [0.1, 0.15) is 12.8 Å². The first-order chi connectivity index (χ1) is 12.4. The predicted molar refractivity (Wildman–Crippen MR) is 98.1 cm³/mol. The van der Waals surface area contributed by atoms with Gasteiger partial charge in [0.25, 0.3) is 0 Å². The molecule has 146 valence electrons. The first-order valence-corrected chi connectivity index (χ1v) is 10.5. The van der Waals surface area contributed by atoms with Gasteiger partial charge in [0.15, 0.2) is 0 Å². The van der Waals surface area contributed by atoms with Crippen molar-refractivity contribution in [3.05, 3.63) is 30.1 Å². The monoisotopic (exact) mass is 387 g/mol. The molecule has 7 nitrogen and oxygen atoms in total. The summed E-state index contributed by atoms with van der Waals surface area (Å²) in [6, 6.07) is 5.26. The van der Waals surface area contributed by atoms with Crippen molar-refractivity contribution in [2.75, 3.05) is 56.5 Å². The fourth-order valence-electron chi connectivity index (χ4n) is 2.74. The Kier molecular flexibility index (Phi) is 7.80. The molecule has 1 N–H and O–H groups in total. The van der Waals surface area contributed by atoms with E-state index in [-0.39, 0.29) is 18.9 Å². The van der Waals surface area contributed by atoms with Crippen LogP contribution < -0.4 is 9.62 Å². The fourth-order valence-corrected chi connectivity index (χ4v) is 3.71. The third-order valence-corrected chi connectivity index (χ3v) is 5.33. The summed E-state index contributed by atoms with van der Waals surface area (Å²) in [5, 5.41) is 2.85. The van der Waals surface area contributed by atoms with Crippen LogP contribution in [0.2, 0.25) is 0 Å². The van der Waals surface area contributed by atoms with E-state index in [0.29, 0.717) is 18.7 Å². The van der Waals surface area contributed by atoms with E-state index in [1.165, 1.54) is 28.6 Å². The molecular weight excluding hydrogens is 361 g/mol. The van der Waals surface area contributed by atoms with E-state index >= 15 is 0 Å². The van der Waals surface area contributed by atoms with E-state index in [2.05, 4.69) is 10.2 Å². The van der Waals surface area contributed by atoms with Crippen LogP contribution in [0.3, 0.4) is 0 Å². The second-order valence-corrected chi connectivity index (χ2v) is 8.13. The molecule has 1 aliphatic rings. The van der Waals surface area contributed by atoms with Crippen molar-refractivity contribution in [1.82, 2.24) is 10.2 Å². The number of ether oxygens (including phenoxy) is 1. The third kappa shape index (κ3) is 6.89. The van der Waals surface area contributed by atoms with Crippen molar-refractivity contribution in [3.8, 4) is 0 Å². The van der Waals surface area contributed by atoms with E-state index in [4.69, 9.17) is 4.74 Å². The van der Waals surface area contributed by atoms with Gasteiger partial charge in [0, 0.05) is 39.1 Å². The Morgan fingerprint density at radius 1 is 1.27 bits per heavy atom. The van der Waals surface area contributed by atoms with Gasteiger partial charge in [0.1, 0.15) is 5.82 Å². The lowest BCUT2D eigenvalue weighted by Crippen LogP contribution is -2.41. The SMILES string of the molecule is CS(=O)(=O)N(CCCC(=O)NCCN1CCOCC1)c1ccc(F)cc1. The number of sulfonamides is 1. The van der Waals surface area contributed by atoms with Crippen molar-refractivity contribution in [3.63, 3.8) is 0 Å². The van der Waals surface area contributed by atoms with Crippen LogP contribution in [0.4, 0.5) is 10.1 Å². The maximum Gasteiger partial charge on any atom is 0.232 e. The zero-order valence-electron chi connectivity index (χ0n) is 15.0. The molecule has 0 bridgehead atoms. The first-order valence-electron chi connectivity index (χ1n) is 8.66. The molecule has 0 saturated carbocycles. The number of anilines is 1. The summed E-state index contributed by atoms with van der Waals surface area (Å²) in [5.74, 6) is -0.535. The molecule has 0 unspecified atom stereocenters. The highest BCUT2D eigenvalue weighted by molar-refractivity contribution is 7.92. The van der Waals surface area contributed by atoms with Gasteiger partial charge in [-0.05, 0) is 30.7 Å². The molecule has 1 heterocycles. The second kappa shape index (κ2) is 9.84.